The third kappa shape index (κ3) is 4.83. The van der Waals surface area contributed by atoms with Gasteiger partial charge in [-0.2, -0.15) is 0 Å². The van der Waals surface area contributed by atoms with E-state index in [-0.39, 0.29) is 0 Å². The van der Waals surface area contributed by atoms with Crippen LogP contribution in [0.4, 0.5) is 0 Å². The van der Waals surface area contributed by atoms with Crippen LogP contribution in [-0.2, 0) is 9.47 Å². The highest BCUT2D eigenvalue weighted by Crippen LogP contribution is 2.29. The van der Waals surface area contributed by atoms with Gasteiger partial charge >= 0.3 is 0 Å². The van der Waals surface area contributed by atoms with Crippen LogP contribution in [-0.4, -0.2) is 25.3 Å². The van der Waals surface area contributed by atoms with E-state index in [9.17, 15) is 0 Å². The van der Waals surface area contributed by atoms with Crippen molar-refractivity contribution in [3.05, 3.63) is 0 Å². The molecule has 4 heteroatoms. The minimum absolute atomic E-state index is 0.305. The Labute approximate surface area is 95.9 Å². The molecule has 1 saturated carbocycles. The lowest BCUT2D eigenvalue weighted by atomic mass is 9.82. The molecule has 1 fully saturated rings. The van der Waals surface area contributed by atoms with E-state index in [0.29, 0.717) is 24.0 Å². The van der Waals surface area contributed by atoms with E-state index < -0.39 is 0 Å². The van der Waals surface area contributed by atoms with Gasteiger partial charge in [-0.15, -0.1) is 0 Å². The summed E-state index contributed by atoms with van der Waals surface area (Å²) < 4.78 is 10.4. The minimum atomic E-state index is 0.305. The molecule has 2 unspecified atom stereocenters. The van der Waals surface area contributed by atoms with Crippen LogP contribution < -0.4 is 0 Å². The molecular weight excluding hydrogens is 223 g/mol. The molecule has 0 aromatic heterocycles. The fraction of sp³-hybridized carbons (Fsp3) is 1.00. The van der Waals surface area contributed by atoms with Crippen molar-refractivity contribution >= 4 is 23.2 Å². The molecule has 0 aliphatic heterocycles. The maximum Gasteiger partial charge on any atom is 0.120 e. The first-order valence-electron chi connectivity index (χ1n) is 5.14. The summed E-state index contributed by atoms with van der Waals surface area (Å²) in [4.78, 5) is 0. The fourth-order valence-electron chi connectivity index (χ4n) is 2.13. The molecule has 0 radical (unpaired) electrons. The van der Waals surface area contributed by atoms with E-state index in [4.69, 9.17) is 32.7 Å². The number of hydrogen-bond acceptors (Lipinski definition) is 2. The predicted molar refractivity (Wildman–Crippen MR) is 58.8 cm³/mol. The summed E-state index contributed by atoms with van der Waals surface area (Å²) in [5.41, 5.74) is 0. The average molecular weight is 241 g/mol. The Hall–Kier alpha value is 0.500. The molecule has 0 heterocycles. The first-order valence-corrected chi connectivity index (χ1v) is 6.21. The summed E-state index contributed by atoms with van der Waals surface area (Å²) in [5.74, 6) is 1.32. The number of halogens is 2. The van der Waals surface area contributed by atoms with Crippen molar-refractivity contribution in [3.8, 4) is 0 Å². The summed E-state index contributed by atoms with van der Waals surface area (Å²) in [7, 11) is 0. The van der Waals surface area contributed by atoms with Gasteiger partial charge < -0.3 is 9.47 Å². The lowest BCUT2D eigenvalue weighted by Crippen LogP contribution is -2.22. The lowest BCUT2D eigenvalue weighted by molar-refractivity contribution is 0.0668. The normalized spacial score (nSPS) is 27.9. The summed E-state index contributed by atoms with van der Waals surface area (Å²) >= 11 is 11.0. The Balaban J connectivity index is 2.14. The van der Waals surface area contributed by atoms with Crippen molar-refractivity contribution in [1.82, 2.24) is 0 Å². The Morgan fingerprint density at radius 2 is 1.43 bits per heavy atom. The van der Waals surface area contributed by atoms with Crippen LogP contribution in [0.15, 0.2) is 0 Å². The van der Waals surface area contributed by atoms with E-state index >= 15 is 0 Å². The zero-order valence-corrected chi connectivity index (χ0v) is 9.90. The summed E-state index contributed by atoms with van der Waals surface area (Å²) in [6.45, 7) is 1.59. The van der Waals surface area contributed by atoms with Crippen molar-refractivity contribution in [1.29, 1.82) is 0 Å². The SMILES string of the molecule is ClCOCC1CCCC(COCCl)C1. The van der Waals surface area contributed by atoms with Gasteiger partial charge in [0.1, 0.15) is 12.1 Å². The van der Waals surface area contributed by atoms with E-state index in [1.165, 1.54) is 25.7 Å². The smallest absolute Gasteiger partial charge is 0.120 e. The number of rotatable bonds is 6. The van der Waals surface area contributed by atoms with E-state index in [1.54, 1.807) is 0 Å². The fourth-order valence-corrected chi connectivity index (χ4v) is 2.31. The standard InChI is InChI=1S/C10H18Cl2O2/c11-7-13-5-9-2-1-3-10(4-9)6-14-8-12/h9-10H,1-8H2. The van der Waals surface area contributed by atoms with Gasteiger partial charge in [0.05, 0.1) is 13.2 Å². The van der Waals surface area contributed by atoms with Crippen molar-refractivity contribution in [3.63, 3.8) is 0 Å². The molecule has 0 amide bonds. The highest BCUT2D eigenvalue weighted by molar-refractivity contribution is 6.17. The van der Waals surface area contributed by atoms with Crippen LogP contribution in [0, 0.1) is 11.8 Å². The van der Waals surface area contributed by atoms with Gasteiger partial charge in [-0.25, -0.2) is 0 Å². The Morgan fingerprint density at radius 3 is 1.86 bits per heavy atom. The Morgan fingerprint density at radius 1 is 0.929 bits per heavy atom. The van der Waals surface area contributed by atoms with Crippen molar-refractivity contribution in [2.24, 2.45) is 11.8 Å². The second kappa shape index (κ2) is 7.75. The molecule has 0 N–H and O–H groups in total. The third-order valence-electron chi connectivity index (χ3n) is 2.75. The highest BCUT2D eigenvalue weighted by atomic mass is 35.5. The van der Waals surface area contributed by atoms with Gasteiger partial charge in [0.25, 0.3) is 0 Å². The van der Waals surface area contributed by atoms with Gasteiger partial charge in [-0.1, -0.05) is 29.6 Å². The largest absolute Gasteiger partial charge is 0.365 e. The zero-order valence-electron chi connectivity index (χ0n) is 8.38. The number of ether oxygens (including phenoxy) is 2. The molecule has 14 heavy (non-hydrogen) atoms. The molecule has 0 aromatic carbocycles. The first-order chi connectivity index (χ1) is 6.86. The molecule has 2 atom stereocenters. The Bertz CT molecular complexity index is 130. The third-order valence-corrected chi connectivity index (χ3v) is 3.06. The van der Waals surface area contributed by atoms with Crippen LogP contribution >= 0.6 is 23.2 Å². The second-order valence-corrected chi connectivity index (χ2v) is 4.29. The summed E-state index contributed by atoms with van der Waals surface area (Å²) in [6.07, 6.45) is 4.98. The van der Waals surface area contributed by atoms with Crippen molar-refractivity contribution in [2.75, 3.05) is 25.3 Å². The second-order valence-electron chi connectivity index (χ2n) is 3.86. The van der Waals surface area contributed by atoms with Crippen molar-refractivity contribution < 1.29 is 9.47 Å². The predicted octanol–water partition coefficient (Wildman–Crippen LogP) is 3.22. The van der Waals surface area contributed by atoms with E-state index in [0.717, 1.165) is 13.2 Å². The van der Waals surface area contributed by atoms with Gasteiger partial charge in [0.15, 0.2) is 0 Å². The summed E-state index contributed by atoms with van der Waals surface area (Å²) in [5, 5.41) is 0. The minimum Gasteiger partial charge on any atom is -0.365 e. The molecule has 1 rings (SSSR count). The van der Waals surface area contributed by atoms with Crippen LogP contribution in [0.3, 0.4) is 0 Å². The zero-order chi connectivity index (χ0) is 10.2. The van der Waals surface area contributed by atoms with Gasteiger partial charge in [-0.05, 0) is 31.1 Å². The molecule has 2 nitrogen and oxygen atoms in total. The monoisotopic (exact) mass is 240 g/mol. The molecule has 0 bridgehead atoms. The maximum absolute atomic E-state index is 5.48. The summed E-state index contributed by atoms with van der Waals surface area (Å²) in [6, 6.07) is 0.610. The van der Waals surface area contributed by atoms with Gasteiger partial charge in [-0.3, -0.25) is 0 Å². The molecule has 0 aromatic rings. The topological polar surface area (TPSA) is 18.5 Å². The maximum atomic E-state index is 5.48. The number of alkyl halides is 2. The highest BCUT2D eigenvalue weighted by Gasteiger charge is 2.21. The van der Waals surface area contributed by atoms with Crippen LogP contribution in [0.25, 0.3) is 0 Å². The molecular formula is C10H18Cl2O2. The first kappa shape index (κ1) is 12.6. The van der Waals surface area contributed by atoms with Crippen LogP contribution in [0.5, 0.6) is 0 Å². The quantitative estimate of drug-likeness (QED) is 0.665. The Kier molecular flexibility index (Phi) is 6.96. The lowest BCUT2D eigenvalue weighted by Gasteiger charge is -2.28. The van der Waals surface area contributed by atoms with Crippen LogP contribution in [0.1, 0.15) is 25.7 Å². The van der Waals surface area contributed by atoms with Crippen molar-refractivity contribution in [2.45, 2.75) is 25.7 Å². The van der Waals surface area contributed by atoms with Crippen LogP contribution in [0.2, 0.25) is 0 Å². The molecule has 1 aliphatic rings. The molecule has 1 aliphatic carbocycles. The van der Waals surface area contributed by atoms with Gasteiger partial charge in [0, 0.05) is 0 Å². The number of hydrogen-bond donors (Lipinski definition) is 0. The van der Waals surface area contributed by atoms with E-state index in [2.05, 4.69) is 0 Å². The molecule has 0 saturated heterocycles. The average Bonchev–Trinajstić information content (AvgIpc) is 2.24. The molecule has 84 valence electrons. The van der Waals surface area contributed by atoms with E-state index in [1.807, 2.05) is 0 Å². The molecule has 0 spiro atoms. The van der Waals surface area contributed by atoms with Gasteiger partial charge in [0.2, 0.25) is 0 Å².